The van der Waals surface area contributed by atoms with Gasteiger partial charge < -0.3 is 4.74 Å². The van der Waals surface area contributed by atoms with Crippen molar-refractivity contribution in [1.82, 2.24) is 0 Å². The molecule has 0 aliphatic rings. The van der Waals surface area contributed by atoms with Gasteiger partial charge in [-0.05, 0) is 25.5 Å². The second kappa shape index (κ2) is 6.34. The molecular weight excluding hydrogens is 156 g/mol. The molecule has 0 saturated carbocycles. The van der Waals surface area contributed by atoms with Crippen LogP contribution in [0.2, 0.25) is 0 Å². The maximum Gasteiger partial charge on any atom is 0.330 e. The fraction of sp³-hybridized carbons (Fsp3) is 0.333. The quantitative estimate of drug-likeness (QED) is 0.274. The Labute approximate surface area is 71.7 Å². The van der Waals surface area contributed by atoms with E-state index >= 15 is 0 Å². The van der Waals surface area contributed by atoms with Gasteiger partial charge in [-0.25, -0.2) is 4.79 Å². The van der Waals surface area contributed by atoms with E-state index < -0.39 is 5.97 Å². The van der Waals surface area contributed by atoms with Gasteiger partial charge in [-0.15, -0.1) is 0 Å². The molecule has 66 valence electrons. The Bertz CT molecular complexity index is 214. The van der Waals surface area contributed by atoms with Gasteiger partial charge in [0.05, 0.1) is 6.61 Å². The van der Waals surface area contributed by atoms with Gasteiger partial charge in [0.25, 0.3) is 0 Å². The lowest BCUT2D eigenvalue weighted by Crippen LogP contribution is -1.98. The monoisotopic (exact) mass is 168 g/mol. The van der Waals surface area contributed by atoms with E-state index in [0.29, 0.717) is 12.9 Å². The first kappa shape index (κ1) is 10.6. The predicted octanol–water partition coefficient (Wildman–Crippen LogP) is 1.25. The zero-order valence-electron chi connectivity index (χ0n) is 7.24. The van der Waals surface area contributed by atoms with Crippen LogP contribution in [0.1, 0.15) is 13.8 Å². The van der Waals surface area contributed by atoms with Crippen LogP contribution in [-0.4, -0.2) is 18.9 Å². The topological polar surface area (TPSA) is 43.4 Å². The number of aldehydes is 1. The minimum Gasteiger partial charge on any atom is -0.463 e. The molecule has 0 aromatic rings. The molecule has 0 amide bonds. The molecule has 0 aliphatic heterocycles. The van der Waals surface area contributed by atoms with Crippen LogP contribution >= 0.6 is 0 Å². The Morgan fingerprint density at radius 3 is 2.58 bits per heavy atom. The Hall–Kier alpha value is -1.38. The molecule has 0 fully saturated rings. The van der Waals surface area contributed by atoms with Crippen LogP contribution in [0.5, 0.6) is 0 Å². The standard InChI is InChI=1S/C9H12O3/c1-3-12-9(11)5-4-8(2)6-7-10/h4-7H,3H2,1-2H3/b5-4?,8-6+. The summed E-state index contributed by atoms with van der Waals surface area (Å²) in [5.41, 5.74) is 0.720. The van der Waals surface area contributed by atoms with E-state index in [0.717, 1.165) is 5.57 Å². The first-order valence-corrected chi connectivity index (χ1v) is 3.67. The molecule has 3 heteroatoms. The number of allylic oxidation sites excluding steroid dienone is 3. The number of esters is 1. The SMILES string of the molecule is CCOC(=O)C=C/C(C)=C/C=O. The van der Waals surface area contributed by atoms with Gasteiger partial charge in [0, 0.05) is 6.08 Å². The summed E-state index contributed by atoms with van der Waals surface area (Å²) < 4.78 is 4.63. The fourth-order valence-electron chi connectivity index (χ4n) is 0.553. The van der Waals surface area contributed by atoms with E-state index in [1.807, 2.05) is 0 Å². The maximum atomic E-state index is 10.7. The van der Waals surface area contributed by atoms with Crippen molar-refractivity contribution in [2.75, 3.05) is 6.61 Å². The summed E-state index contributed by atoms with van der Waals surface area (Å²) in [5.74, 6) is -0.392. The Morgan fingerprint density at radius 1 is 1.42 bits per heavy atom. The van der Waals surface area contributed by atoms with Crippen LogP contribution < -0.4 is 0 Å². The third kappa shape index (κ3) is 5.41. The molecule has 0 aliphatic carbocycles. The van der Waals surface area contributed by atoms with Crippen molar-refractivity contribution in [1.29, 1.82) is 0 Å². The summed E-state index contributed by atoms with van der Waals surface area (Å²) in [4.78, 5) is 20.7. The summed E-state index contributed by atoms with van der Waals surface area (Å²) in [5, 5.41) is 0. The molecule has 0 N–H and O–H groups in total. The van der Waals surface area contributed by atoms with Crippen LogP contribution in [0.15, 0.2) is 23.8 Å². The number of hydrogen-bond acceptors (Lipinski definition) is 3. The molecule has 0 saturated heterocycles. The highest BCUT2D eigenvalue weighted by Gasteiger charge is 1.91. The van der Waals surface area contributed by atoms with Crippen molar-refractivity contribution >= 4 is 12.3 Å². The minimum absolute atomic E-state index is 0.361. The molecule has 0 atom stereocenters. The second-order valence-corrected chi connectivity index (χ2v) is 2.13. The molecular formula is C9H12O3. The second-order valence-electron chi connectivity index (χ2n) is 2.13. The van der Waals surface area contributed by atoms with Gasteiger partial charge in [-0.2, -0.15) is 0 Å². The van der Waals surface area contributed by atoms with Crippen molar-refractivity contribution in [2.45, 2.75) is 13.8 Å². The Morgan fingerprint density at radius 2 is 2.08 bits per heavy atom. The van der Waals surface area contributed by atoms with Crippen LogP contribution in [-0.2, 0) is 14.3 Å². The van der Waals surface area contributed by atoms with Gasteiger partial charge in [0.15, 0.2) is 0 Å². The summed E-state index contributed by atoms with van der Waals surface area (Å²) >= 11 is 0. The fourth-order valence-corrected chi connectivity index (χ4v) is 0.553. The normalized spacial score (nSPS) is 11.7. The average molecular weight is 168 g/mol. The van der Waals surface area contributed by atoms with Gasteiger partial charge in [0.1, 0.15) is 6.29 Å². The highest BCUT2D eigenvalue weighted by atomic mass is 16.5. The summed E-state index contributed by atoms with van der Waals surface area (Å²) in [6.45, 7) is 3.82. The number of ether oxygens (including phenoxy) is 1. The predicted molar refractivity (Wildman–Crippen MR) is 45.6 cm³/mol. The molecule has 0 heterocycles. The van der Waals surface area contributed by atoms with E-state index in [9.17, 15) is 9.59 Å². The molecule has 0 aromatic heterocycles. The third-order valence-electron chi connectivity index (χ3n) is 1.10. The highest BCUT2D eigenvalue weighted by molar-refractivity contribution is 5.82. The number of rotatable bonds is 4. The summed E-state index contributed by atoms with van der Waals surface area (Å²) in [7, 11) is 0. The van der Waals surface area contributed by atoms with Crippen LogP contribution in [0.25, 0.3) is 0 Å². The van der Waals surface area contributed by atoms with E-state index in [1.54, 1.807) is 13.8 Å². The van der Waals surface area contributed by atoms with E-state index in [2.05, 4.69) is 4.74 Å². The van der Waals surface area contributed by atoms with E-state index in [4.69, 9.17) is 0 Å². The lowest BCUT2D eigenvalue weighted by Gasteiger charge is -1.93. The summed E-state index contributed by atoms with van der Waals surface area (Å²) in [6.07, 6.45) is 4.87. The average Bonchev–Trinajstić information content (AvgIpc) is 2.02. The molecule has 3 nitrogen and oxygen atoms in total. The van der Waals surface area contributed by atoms with Crippen molar-refractivity contribution in [3.05, 3.63) is 23.8 Å². The number of carbonyl (C=O) groups is 2. The van der Waals surface area contributed by atoms with Gasteiger partial charge in [-0.3, -0.25) is 4.79 Å². The molecule has 12 heavy (non-hydrogen) atoms. The lowest BCUT2D eigenvalue weighted by molar-refractivity contribution is -0.137. The molecule has 0 radical (unpaired) electrons. The van der Waals surface area contributed by atoms with Crippen molar-refractivity contribution in [2.24, 2.45) is 0 Å². The zero-order valence-corrected chi connectivity index (χ0v) is 7.24. The van der Waals surface area contributed by atoms with Crippen molar-refractivity contribution < 1.29 is 14.3 Å². The van der Waals surface area contributed by atoms with Gasteiger partial charge >= 0.3 is 5.97 Å². The lowest BCUT2D eigenvalue weighted by atomic mass is 10.2. The minimum atomic E-state index is -0.392. The van der Waals surface area contributed by atoms with E-state index in [-0.39, 0.29) is 0 Å². The van der Waals surface area contributed by atoms with Crippen LogP contribution in [0.3, 0.4) is 0 Å². The van der Waals surface area contributed by atoms with Crippen LogP contribution in [0, 0.1) is 0 Å². The Kier molecular flexibility index (Phi) is 5.61. The first-order valence-electron chi connectivity index (χ1n) is 3.67. The van der Waals surface area contributed by atoms with Crippen LogP contribution in [0.4, 0.5) is 0 Å². The number of hydrogen-bond donors (Lipinski definition) is 0. The van der Waals surface area contributed by atoms with Gasteiger partial charge in [0.2, 0.25) is 0 Å². The van der Waals surface area contributed by atoms with Crippen molar-refractivity contribution in [3.63, 3.8) is 0 Å². The Balaban J connectivity index is 3.97. The van der Waals surface area contributed by atoms with Gasteiger partial charge in [-0.1, -0.05) is 6.08 Å². The third-order valence-corrected chi connectivity index (χ3v) is 1.10. The molecule has 0 bridgehead atoms. The maximum absolute atomic E-state index is 10.7. The first-order chi connectivity index (χ1) is 5.70. The number of carbonyl (C=O) groups excluding carboxylic acids is 2. The van der Waals surface area contributed by atoms with Crippen molar-refractivity contribution in [3.8, 4) is 0 Å². The molecule has 0 rings (SSSR count). The van der Waals surface area contributed by atoms with E-state index in [1.165, 1.54) is 18.2 Å². The highest BCUT2D eigenvalue weighted by Crippen LogP contribution is 1.93. The zero-order chi connectivity index (χ0) is 9.40. The largest absolute Gasteiger partial charge is 0.463 e. The smallest absolute Gasteiger partial charge is 0.330 e. The molecule has 0 unspecified atom stereocenters. The molecule has 0 spiro atoms. The molecule has 0 aromatic carbocycles. The summed E-state index contributed by atoms with van der Waals surface area (Å²) in [6, 6.07) is 0.